The first-order chi connectivity index (χ1) is 12.8. The third kappa shape index (κ3) is 2.48. The van der Waals surface area contributed by atoms with Crippen LogP contribution in [0, 0.1) is 0 Å². The molecule has 0 saturated carbocycles. The molecule has 0 atom stereocenters. The number of hydrogen-bond acceptors (Lipinski definition) is 7. The van der Waals surface area contributed by atoms with Crippen LogP contribution < -0.4 is 5.32 Å². The molecule has 4 aromatic rings. The molecule has 0 bridgehead atoms. The maximum Gasteiger partial charge on any atom is 0.227 e. The van der Waals surface area contributed by atoms with Crippen molar-refractivity contribution >= 4 is 33.1 Å². The molecule has 0 aromatic carbocycles. The average Bonchev–Trinajstić information content (AvgIpc) is 3.40. The Morgan fingerprint density at radius 1 is 1.35 bits per heavy atom. The van der Waals surface area contributed by atoms with Gasteiger partial charge in [0.25, 0.3) is 0 Å². The highest BCUT2D eigenvalue weighted by molar-refractivity contribution is 7.19. The van der Waals surface area contributed by atoms with Crippen molar-refractivity contribution in [3.05, 3.63) is 28.8 Å². The van der Waals surface area contributed by atoms with Gasteiger partial charge in [-0.1, -0.05) is 0 Å². The zero-order valence-corrected chi connectivity index (χ0v) is 15.3. The molecule has 8 heteroatoms. The first kappa shape index (κ1) is 15.8. The summed E-state index contributed by atoms with van der Waals surface area (Å²) < 4.78 is 12.4. The average molecular weight is 369 g/mol. The maximum atomic E-state index is 5.50. The molecule has 4 heterocycles. The molecule has 1 aliphatic carbocycles. The third-order valence-corrected chi connectivity index (χ3v) is 5.88. The molecule has 1 N–H and O–H groups in total. The number of nitrogens with zero attached hydrogens (tertiary/aromatic N) is 4. The van der Waals surface area contributed by atoms with E-state index in [1.54, 1.807) is 24.7 Å². The van der Waals surface area contributed by atoms with Gasteiger partial charge in [-0.2, -0.15) is 4.52 Å². The van der Waals surface area contributed by atoms with Crippen LogP contribution in [0.2, 0.25) is 0 Å². The molecule has 0 unspecified atom stereocenters. The quantitative estimate of drug-likeness (QED) is 0.524. The second-order valence-corrected chi connectivity index (χ2v) is 7.48. The van der Waals surface area contributed by atoms with Crippen molar-refractivity contribution in [2.75, 3.05) is 25.6 Å². The van der Waals surface area contributed by atoms with Crippen LogP contribution in [-0.2, 0) is 17.6 Å². The van der Waals surface area contributed by atoms with Gasteiger partial charge in [0.1, 0.15) is 4.83 Å². The number of nitrogens with one attached hydrogen (secondary N) is 1. The van der Waals surface area contributed by atoms with Crippen LogP contribution in [0.3, 0.4) is 0 Å². The van der Waals surface area contributed by atoms with Gasteiger partial charge in [0.15, 0.2) is 11.4 Å². The standard InChI is InChI=1S/C18H19N5O2S/c1-24-9-4-8-19-18-21-17-14(11-5-2-7-13(11)26-17)16-20-15(22-23(16)18)12-6-3-10-25-12/h3,6,10H,2,4-5,7-9H2,1H3,(H,19,21). The lowest BCUT2D eigenvalue weighted by Gasteiger charge is -2.07. The number of anilines is 1. The van der Waals surface area contributed by atoms with E-state index in [-0.39, 0.29) is 0 Å². The highest BCUT2D eigenvalue weighted by Crippen LogP contribution is 2.39. The number of thiophene rings is 1. The summed E-state index contributed by atoms with van der Waals surface area (Å²) in [7, 11) is 1.71. The van der Waals surface area contributed by atoms with Gasteiger partial charge in [-0.25, -0.2) is 9.97 Å². The minimum atomic E-state index is 0.585. The zero-order valence-electron chi connectivity index (χ0n) is 14.5. The van der Waals surface area contributed by atoms with Gasteiger partial charge in [-0.15, -0.1) is 16.4 Å². The van der Waals surface area contributed by atoms with E-state index in [1.165, 1.54) is 16.9 Å². The molecule has 5 rings (SSSR count). The van der Waals surface area contributed by atoms with Gasteiger partial charge < -0.3 is 14.5 Å². The number of aromatic nitrogens is 4. The number of rotatable bonds is 6. The van der Waals surface area contributed by atoms with Crippen molar-refractivity contribution in [3.8, 4) is 11.6 Å². The van der Waals surface area contributed by atoms with E-state index in [0.717, 1.165) is 41.7 Å². The van der Waals surface area contributed by atoms with Crippen LogP contribution in [-0.4, -0.2) is 39.8 Å². The summed E-state index contributed by atoms with van der Waals surface area (Å²) in [5.74, 6) is 1.97. The van der Waals surface area contributed by atoms with Gasteiger partial charge >= 0.3 is 0 Å². The van der Waals surface area contributed by atoms with Crippen molar-refractivity contribution in [3.63, 3.8) is 0 Å². The molecule has 134 valence electrons. The van der Waals surface area contributed by atoms with E-state index in [0.29, 0.717) is 24.1 Å². The monoisotopic (exact) mass is 369 g/mol. The first-order valence-corrected chi connectivity index (χ1v) is 9.64. The Labute approximate surface area is 154 Å². The predicted octanol–water partition coefficient (Wildman–Crippen LogP) is 3.54. The van der Waals surface area contributed by atoms with Gasteiger partial charge in [-0.05, 0) is 43.4 Å². The molecular weight excluding hydrogens is 350 g/mol. The summed E-state index contributed by atoms with van der Waals surface area (Å²) in [6.07, 6.45) is 5.98. The van der Waals surface area contributed by atoms with Gasteiger partial charge in [0, 0.05) is 25.1 Å². The summed E-state index contributed by atoms with van der Waals surface area (Å²) in [5.41, 5.74) is 2.25. The Bertz CT molecular complexity index is 1070. The SMILES string of the molecule is COCCCNc1nc2sc3c(c2c2nc(-c4ccco4)nn12)CCC3. The van der Waals surface area contributed by atoms with E-state index in [4.69, 9.17) is 19.1 Å². The third-order valence-electron chi connectivity index (χ3n) is 4.69. The fourth-order valence-corrected chi connectivity index (χ4v) is 4.76. The van der Waals surface area contributed by atoms with Gasteiger partial charge in [-0.3, -0.25) is 0 Å². The second kappa shape index (κ2) is 6.37. The van der Waals surface area contributed by atoms with Crippen LogP contribution >= 0.6 is 11.3 Å². The minimum absolute atomic E-state index is 0.585. The van der Waals surface area contributed by atoms with E-state index in [2.05, 4.69) is 10.4 Å². The second-order valence-electron chi connectivity index (χ2n) is 6.39. The number of aryl methyl sites for hydroxylation is 2. The Morgan fingerprint density at radius 3 is 3.15 bits per heavy atom. The van der Waals surface area contributed by atoms with Crippen molar-refractivity contribution in [1.29, 1.82) is 0 Å². The molecule has 1 aliphatic rings. The zero-order chi connectivity index (χ0) is 17.5. The van der Waals surface area contributed by atoms with Crippen LogP contribution in [0.1, 0.15) is 23.3 Å². The molecule has 0 aliphatic heterocycles. The van der Waals surface area contributed by atoms with Crippen LogP contribution in [0.5, 0.6) is 0 Å². The molecule has 26 heavy (non-hydrogen) atoms. The van der Waals surface area contributed by atoms with E-state index in [1.807, 2.05) is 16.6 Å². The molecule has 0 fully saturated rings. The van der Waals surface area contributed by atoms with Crippen LogP contribution in [0.25, 0.3) is 27.4 Å². The summed E-state index contributed by atoms with van der Waals surface area (Å²) in [5, 5.41) is 9.20. The first-order valence-electron chi connectivity index (χ1n) is 8.83. The van der Waals surface area contributed by atoms with E-state index < -0.39 is 0 Å². The Balaban J connectivity index is 1.67. The van der Waals surface area contributed by atoms with Gasteiger partial charge in [0.2, 0.25) is 11.8 Å². The highest BCUT2D eigenvalue weighted by atomic mass is 32.1. The highest BCUT2D eigenvalue weighted by Gasteiger charge is 2.24. The fourth-order valence-electron chi connectivity index (χ4n) is 3.51. The lowest BCUT2D eigenvalue weighted by atomic mass is 10.2. The van der Waals surface area contributed by atoms with Crippen molar-refractivity contribution in [2.24, 2.45) is 0 Å². The van der Waals surface area contributed by atoms with E-state index >= 15 is 0 Å². The number of methoxy groups -OCH3 is 1. The molecule has 0 amide bonds. The molecule has 0 radical (unpaired) electrons. The van der Waals surface area contributed by atoms with Crippen LogP contribution in [0.15, 0.2) is 22.8 Å². The van der Waals surface area contributed by atoms with Crippen molar-refractivity contribution < 1.29 is 9.15 Å². The molecule has 0 saturated heterocycles. The lowest BCUT2D eigenvalue weighted by molar-refractivity contribution is 0.197. The Kier molecular flexibility index (Phi) is 3.86. The number of fused-ring (bicyclic) bond motifs is 5. The number of ether oxygens (including phenoxy) is 1. The van der Waals surface area contributed by atoms with E-state index in [9.17, 15) is 0 Å². The summed E-state index contributed by atoms with van der Waals surface area (Å²) >= 11 is 1.79. The smallest absolute Gasteiger partial charge is 0.227 e. The summed E-state index contributed by atoms with van der Waals surface area (Å²) in [6, 6.07) is 3.73. The van der Waals surface area contributed by atoms with Gasteiger partial charge in [0.05, 0.1) is 11.6 Å². The number of hydrogen-bond donors (Lipinski definition) is 1. The number of furan rings is 1. The predicted molar refractivity (Wildman–Crippen MR) is 101 cm³/mol. The summed E-state index contributed by atoms with van der Waals surface area (Å²) in [6.45, 7) is 1.48. The topological polar surface area (TPSA) is 77.5 Å². The fraction of sp³-hybridized carbons (Fsp3) is 0.389. The van der Waals surface area contributed by atoms with Crippen LogP contribution in [0.4, 0.5) is 5.95 Å². The Hall–Kier alpha value is -2.45. The maximum absolute atomic E-state index is 5.50. The molecular formula is C18H19N5O2S. The Morgan fingerprint density at radius 2 is 2.31 bits per heavy atom. The molecule has 7 nitrogen and oxygen atoms in total. The normalized spacial score (nSPS) is 13.7. The molecule has 0 spiro atoms. The lowest BCUT2D eigenvalue weighted by Crippen LogP contribution is -2.10. The largest absolute Gasteiger partial charge is 0.461 e. The minimum Gasteiger partial charge on any atom is -0.461 e. The summed E-state index contributed by atoms with van der Waals surface area (Å²) in [4.78, 5) is 12.1. The van der Waals surface area contributed by atoms with Crippen molar-refractivity contribution in [1.82, 2.24) is 19.6 Å². The van der Waals surface area contributed by atoms with Crippen molar-refractivity contribution in [2.45, 2.75) is 25.7 Å². The molecule has 4 aromatic heterocycles.